The van der Waals surface area contributed by atoms with Crippen molar-refractivity contribution in [2.75, 3.05) is 19.5 Å². The summed E-state index contributed by atoms with van der Waals surface area (Å²) < 4.78 is 43.5. The van der Waals surface area contributed by atoms with Crippen LogP contribution in [0.2, 0.25) is 0 Å². The molecule has 1 unspecified atom stereocenters. The largest absolute Gasteiger partial charge is 0.493 e. The molecule has 0 aliphatic heterocycles. The fraction of sp³-hybridized carbons (Fsp3) is 0.160. The highest BCUT2D eigenvalue weighted by Gasteiger charge is 2.38. The van der Waals surface area contributed by atoms with Gasteiger partial charge in [-0.2, -0.15) is 17.9 Å². The number of nitrogen functional groups attached to an aromatic ring is 1. The van der Waals surface area contributed by atoms with E-state index < -0.39 is 29.8 Å². The highest BCUT2D eigenvalue weighted by molar-refractivity contribution is 7.12. The van der Waals surface area contributed by atoms with Gasteiger partial charge in [-0.3, -0.25) is 10.4 Å². The predicted molar refractivity (Wildman–Crippen MR) is 145 cm³/mol. The zero-order valence-corrected chi connectivity index (χ0v) is 22.5. The maximum absolute atomic E-state index is 12.8. The minimum absolute atomic E-state index is 0.000553. The molecular weight excluding hydrogens is 585 g/mol. The number of carboxylic acids is 2. The summed E-state index contributed by atoms with van der Waals surface area (Å²) in [7, 11) is 3.05. The number of carboxylic acid groups (broad SMARTS) is 2. The molecule has 13 nitrogen and oxygen atoms in total. The number of aromatic nitrogens is 3. The number of hydrogen-bond acceptors (Lipinski definition) is 9. The van der Waals surface area contributed by atoms with Gasteiger partial charge in [0, 0.05) is 11.3 Å². The molecule has 0 saturated carbocycles. The third-order valence-electron chi connectivity index (χ3n) is 5.47. The average Bonchev–Trinajstić information content (AvgIpc) is 3.58. The van der Waals surface area contributed by atoms with Gasteiger partial charge in [-0.05, 0) is 53.4 Å². The summed E-state index contributed by atoms with van der Waals surface area (Å²) in [6, 6.07) is 13.1. The standard InChI is InChI=1S/C23H22N6O5S.C2HF3O2/c1-33-16-8-5-13(11-17(16)34-2)18(26-14-6-3-12(4-7-14)20(24)25)21-27-23(32)29(28-21)15-9-10-35-19(15)22(30)31;3-2(4,5)1(6)7/h3-11,18,26H,1-2H3,(H3,24,25)(H,30,31)(H,27,28,32);(H,6,7). The summed E-state index contributed by atoms with van der Waals surface area (Å²) in [6.07, 6.45) is -5.08. The van der Waals surface area contributed by atoms with Crippen LogP contribution in [-0.2, 0) is 4.79 Å². The van der Waals surface area contributed by atoms with Crippen LogP contribution >= 0.6 is 11.3 Å². The van der Waals surface area contributed by atoms with E-state index in [0.29, 0.717) is 28.3 Å². The minimum atomic E-state index is -5.08. The first-order chi connectivity index (χ1) is 19.8. The number of alkyl halides is 3. The number of amidine groups is 1. The zero-order valence-electron chi connectivity index (χ0n) is 21.7. The lowest BCUT2D eigenvalue weighted by atomic mass is 10.0. The topological polar surface area (TPSA) is 206 Å². The van der Waals surface area contributed by atoms with Crippen molar-refractivity contribution in [3.05, 3.63) is 86.2 Å². The van der Waals surface area contributed by atoms with Crippen molar-refractivity contribution >= 4 is 34.8 Å². The van der Waals surface area contributed by atoms with Crippen LogP contribution in [0, 0.1) is 5.41 Å². The number of aliphatic carboxylic acids is 1. The summed E-state index contributed by atoms with van der Waals surface area (Å²) in [5, 5.41) is 33.5. The van der Waals surface area contributed by atoms with E-state index in [1.165, 1.54) is 20.3 Å². The molecule has 4 aromatic rings. The molecule has 4 rings (SSSR count). The highest BCUT2D eigenvalue weighted by atomic mass is 32.1. The van der Waals surface area contributed by atoms with Gasteiger partial charge in [-0.25, -0.2) is 14.4 Å². The van der Waals surface area contributed by atoms with Gasteiger partial charge in [0.15, 0.2) is 17.3 Å². The molecule has 0 saturated heterocycles. The zero-order chi connectivity index (χ0) is 31.2. The van der Waals surface area contributed by atoms with Crippen LogP contribution in [0.1, 0.15) is 32.7 Å². The maximum atomic E-state index is 12.8. The van der Waals surface area contributed by atoms with E-state index in [9.17, 15) is 27.9 Å². The summed E-state index contributed by atoms with van der Waals surface area (Å²) in [6.45, 7) is 0. The monoisotopic (exact) mass is 608 g/mol. The Balaban J connectivity index is 0.000000616. The number of anilines is 1. The van der Waals surface area contributed by atoms with Crippen LogP contribution in [0.25, 0.3) is 5.69 Å². The fourth-order valence-electron chi connectivity index (χ4n) is 3.52. The van der Waals surface area contributed by atoms with Crippen molar-refractivity contribution < 1.29 is 42.4 Å². The van der Waals surface area contributed by atoms with Gasteiger partial charge in [0.1, 0.15) is 16.8 Å². The molecule has 0 amide bonds. The molecule has 1 atom stereocenters. The van der Waals surface area contributed by atoms with E-state index in [-0.39, 0.29) is 22.2 Å². The summed E-state index contributed by atoms with van der Waals surface area (Å²) in [4.78, 5) is 36.0. The number of hydrogen-bond donors (Lipinski definition) is 6. The lowest BCUT2D eigenvalue weighted by Crippen LogP contribution is -2.21. The Morgan fingerprint density at radius 3 is 2.24 bits per heavy atom. The van der Waals surface area contributed by atoms with E-state index in [4.69, 9.17) is 30.5 Å². The number of halogens is 3. The quantitative estimate of drug-likeness (QED) is 0.121. The van der Waals surface area contributed by atoms with Crippen molar-refractivity contribution in [2.24, 2.45) is 5.73 Å². The van der Waals surface area contributed by atoms with Gasteiger partial charge in [0.25, 0.3) is 0 Å². The number of nitrogens with one attached hydrogen (secondary N) is 3. The number of aromatic amines is 1. The van der Waals surface area contributed by atoms with Gasteiger partial charge >= 0.3 is 23.8 Å². The Labute approximate surface area is 238 Å². The summed E-state index contributed by atoms with van der Waals surface area (Å²) in [5.41, 5.74) is 7.07. The Kier molecular flexibility index (Phi) is 9.58. The molecule has 0 aliphatic carbocycles. The second-order valence-corrected chi connectivity index (χ2v) is 9.07. The first-order valence-electron chi connectivity index (χ1n) is 11.5. The number of nitrogens with zero attached hydrogens (tertiary/aromatic N) is 2. The lowest BCUT2D eigenvalue weighted by molar-refractivity contribution is -0.192. The Morgan fingerprint density at radius 2 is 1.71 bits per heavy atom. The van der Waals surface area contributed by atoms with E-state index in [1.54, 1.807) is 47.8 Å². The van der Waals surface area contributed by atoms with Gasteiger partial charge in [-0.1, -0.05) is 6.07 Å². The van der Waals surface area contributed by atoms with Gasteiger partial charge in [0.2, 0.25) is 0 Å². The first kappa shape index (κ1) is 31.2. The summed E-state index contributed by atoms with van der Waals surface area (Å²) in [5.74, 6) is -2.69. The van der Waals surface area contributed by atoms with E-state index in [0.717, 1.165) is 16.0 Å². The SMILES string of the molecule is COc1ccc(C(Nc2ccc(C(=N)N)cc2)c2nn(-c3ccsc3C(=O)O)c(=O)[nH]2)cc1OC.O=C(O)C(F)(F)F. The molecule has 2 aromatic carbocycles. The van der Waals surface area contributed by atoms with Crippen LogP contribution < -0.4 is 26.2 Å². The Bertz CT molecular complexity index is 1650. The normalized spacial score (nSPS) is 11.5. The molecule has 17 heteroatoms. The number of methoxy groups -OCH3 is 2. The average molecular weight is 609 g/mol. The smallest absolute Gasteiger partial charge is 0.490 e. The molecule has 0 fully saturated rings. The number of rotatable bonds is 9. The van der Waals surface area contributed by atoms with E-state index in [2.05, 4.69) is 15.4 Å². The van der Waals surface area contributed by atoms with Crippen LogP contribution in [0.3, 0.4) is 0 Å². The van der Waals surface area contributed by atoms with Gasteiger partial charge < -0.3 is 30.7 Å². The Morgan fingerprint density at radius 1 is 1.10 bits per heavy atom. The van der Waals surface area contributed by atoms with Crippen molar-refractivity contribution in [3.8, 4) is 17.2 Å². The molecule has 0 bridgehead atoms. The maximum Gasteiger partial charge on any atom is 0.490 e. The number of H-pyrrole nitrogens is 1. The second kappa shape index (κ2) is 12.9. The van der Waals surface area contributed by atoms with Crippen LogP contribution in [0.4, 0.5) is 18.9 Å². The van der Waals surface area contributed by atoms with Crippen molar-refractivity contribution in [1.82, 2.24) is 14.8 Å². The number of aromatic carboxylic acids is 1. The lowest BCUT2D eigenvalue weighted by Gasteiger charge is -2.20. The molecule has 42 heavy (non-hydrogen) atoms. The number of carbonyl (C=O) groups is 2. The van der Waals surface area contributed by atoms with Crippen LogP contribution in [0.5, 0.6) is 11.5 Å². The summed E-state index contributed by atoms with van der Waals surface area (Å²) >= 11 is 1.00. The Hall–Kier alpha value is -5.32. The molecule has 2 aromatic heterocycles. The molecule has 0 radical (unpaired) electrons. The fourth-order valence-corrected chi connectivity index (χ4v) is 4.23. The number of benzene rings is 2. The molecule has 222 valence electrons. The predicted octanol–water partition coefficient (Wildman–Crippen LogP) is 3.46. The van der Waals surface area contributed by atoms with Crippen molar-refractivity contribution in [1.29, 1.82) is 5.41 Å². The number of thiophene rings is 1. The van der Waals surface area contributed by atoms with Gasteiger partial charge in [-0.15, -0.1) is 16.4 Å². The molecule has 2 heterocycles. The molecule has 0 spiro atoms. The first-order valence-corrected chi connectivity index (χ1v) is 12.4. The molecule has 0 aliphatic rings. The van der Waals surface area contributed by atoms with Crippen molar-refractivity contribution in [3.63, 3.8) is 0 Å². The van der Waals surface area contributed by atoms with Crippen molar-refractivity contribution in [2.45, 2.75) is 12.2 Å². The number of nitrogens with two attached hydrogens (primary N) is 1. The van der Waals surface area contributed by atoms with Crippen LogP contribution in [0.15, 0.2) is 58.7 Å². The van der Waals surface area contributed by atoms with Gasteiger partial charge in [0.05, 0.1) is 19.9 Å². The molecule has 7 N–H and O–H groups in total. The second-order valence-electron chi connectivity index (χ2n) is 8.15. The van der Waals surface area contributed by atoms with E-state index >= 15 is 0 Å². The highest BCUT2D eigenvalue weighted by Crippen LogP contribution is 2.33. The minimum Gasteiger partial charge on any atom is -0.493 e. The number of ether oxygens (including phenoxy) is 2. The third-order valence-corrected chi connectivity index (χ3v) is 6.36. The molecular formula is C25H23F3N6O7S. The van der Waals surface area contributed by atoms with Crippen LogP contribution in [-0.4, -0.2) is 63.1 Å². The van der Waals surface area contributed by atoms with E-state index in [1.807, 2.05) is 0 Å². The third kappa shape index (κ3) is 7.25.